The van der Waals surface area contributed by atoms with Crippen LogP contribution in [0.2, 0.25) is 0 Å². The molecule has 1 aromatic heterocycles. The summed E-state index contributed by atoms with van der Waals surface area (Å²) in [6.45, 7) is 3.84. The maximum absolute atomic E-state index is 12.2. The van der Waals surface area contributed by atoms with Crippen LogP contribution >= 0.6 is 0 Å². The highest BCUT2D eigenvalue weighted by atomic mass is 16.5. The molecule has 0 saturated carbocycles. The molecule has 7 nitrogen and oxygen atoms in total. The Kier molecular flexibility index (Phi) is 4.35. The summed E-state index contributed by atoms with van der Waals surface area (Å²) in [6, 6.07) is 15.1. The highest BCUT2D eigenvalue weighted by Crippen LogP contribution is 2.36. The molecule has 1 unspecified atom stereocenters. The van der Waals surface area contributed by atoms with Gasteiger partial charge in [-0.15, -0.1) is 5.10 Å². The first-order chi connectivity index (χ1) is 13.5. The van der Waals surface area contributed by atoms with Crippen LogP contribution in [0.15, 0.2) is 59.8 Å². The Morgan fingerprint density at radius 1 is 1.18 bits per heavy atom. The van der Waals surface area contributed by atoms with Crippen molar-refractivity contribution in [1.29, 1.82) is 0 Å². The van der Waals surface area contributed by atoms with Crippen LogP contribution in [0.4, 0.5) is 5.95 Å². The van der Waals surface area contributed by atoms with Crippen LogP contribution < -0.4 is 15.8 Å². The Labute approximate surface area is 162 Å². The summed E-state index contributed by atoms with van der Waals surface area (Å²) >= 11 is 0. The highest BCUT2D eigenvalue weighted by Gasteiger charge is 2.33. The van der Waals surface area contributed by atoms with Gasteiger partial charge in [0.1, 0.15) is 11.8 Å². The van der Waals surface area contributed by atoms with E-state index in [1.165, 1.54) is 0 Å². The monoisotopic (exact) mass is 375 g/mol. The number of methoxy groups -OCH3 is 1. The number of allylic oxidation sites excluding steroid dienone is 1. The molecular weight excluding hydrogens is 354 g/mol. The number of rotatable bonds is 4. The third-order valence-corrected chi connectivity index (χ3v) is 4.82. The first-order valence-electron chi connectivity index (χ1n) is 8.93. The van der Waals surface area contributed by atoms with Gasteiger partial charge in [-0.3, -0.25) is 4.79 Å². The molecule has 0 radical (unpaired) electrons. The van der Waals surface area contributed by atoms with E-state index in [1.807, 2.05) is 62.4 Å². The topological polar surface area (TPSA) is 95.1 Å². The predicted octanol–water partition coefficient (Wildman–Crippen LogP) is 3.04. The number of nitrogens with zero attached hydrogens (tertiary/aromatic N) is 3. The summed E-state index contributed by atoms with van der Waals surface area (Å²) in [4.78, 5) is 16.9. The Morgan fingerprint density at radius 2 is 1.93 bits per heavy atom. The molecule has 0 fully saturated rings. The number of primary amides is 1. The largest absolute Gasteiger partial charge is 0.497 e. The summed E-state index contributed by atoms with van der Waals surface area (Å²) in [5.41, 5.74) is 9.75. The van der Waals surface area contributed by atoms with E-state index in [2.05, 4.69) is 10.3 Å². The van der Waals surface area contributed by atoms with Gasteiger partial charge >= 0.3 is 0 Å². The predicted molar refractivity (Wildman–Crippen MR) is 107 cm³/mol. The normalized spacial score (nSPS) is 15.8. The third kappa shape index (κ3) is 3.00. The highest BCUT2D eigenvalue weighted by molar-refractivity contribution is 5.95. The molecule has 3 aromatic rings. The van der Waals surface area contributed by atoms with Gasteiger partial charge in [-0.1, -0.05) is 29.8 Å². The summed E-state index contributed by atoms with van der Waals surface area (Å²) in [6.07, 6.45) is 0. The Morgan fingerprint density at radius 3 is 2.57 bits per heavy atom. The molecule has 0 spiro atoms. The van der Waals surface area contributed by atoms with E-state index in [4.69, 9.17) is 15.6 Å². The van der Waals surface area contributed by atoms with Gasteiger partial charge in [-0.2, -0.15) is 4.98 Å². The molecule has 1 aliphatic heterocycles. The Bertz CT molecular complexity index is 1080. The van der Waals surface area contributed by atoms with Crippen LogP contribution in [-0.4, -0.2) is 27.8 Å². The van der Waals surface area contributed by atoms with Crippen molar-refractivity contribution in [2.24, 2.45) is 5.73 Å². The molecule has 7 heteroatoms. The van der Waals surface area contributed by atoms with Crippen molar-refractivity contribution < 1.29 is 9.53 Å². The van der Waals surface area contributed by atoms with Gasteiger partial charge in [0.2, 0.25) is 11.9 Å². The third-order valence-electron chi connectivity index (χ3n) is 4.82. The van der Waals surface area contributed by atoms with Gasteiger partial charge in [0, 0.05) is 11.3 Å². The number of ether oxygens (including phenoxy) is 1. The molecule has 3 N–H and O–H groups in total. The lowest BCUT2D eigenvalue weighted by Crippen LogP contribution is -2.31. The summed E-state index contributed by atoms with van der Waals surface area (Å²) < 4.78 is 6.93. The lowest BCUT2D eigenvalue weighted by molar-refractivity contribution is -0.115. The van der Waals surface area contributed by atoms with Gasteiger partial charge in [-0.25, -0.2) is 4.68 Å². The zero-order chi connectivity index (χ0) is 19.8. The zero-order valence-electron chi connectivity index (χ0n) is 15.9. The van der Waals surface area contributed by atoms with Gasteiger partial charge in [-0.05, 0) is 43.7 Å². The molecule has 0 saturated heterocycles. The van der Waals surface area contributed by atoms with E-state index in [-0.39, 0.29) is 0 Å². The number of hydrogen-bond donors (Lipinski definition) is 2. The number of hydrogen-bond acceptors (Lipinski definition) is 5. The molecular formula is C21H21N5O2. The molecule has 4 rings (SSSR count). The summed E-state index contributed by atoms with van der Waals surface area (Å²) in [5, 5.41) is 7.85. The van der Waals surface area contributed by atoms with Crippen molar-refractivity contribution in [2.45, 2.75) is 19.9 Å². The molecule has 0 bridgehead atoms. The number of fused-ring (bicyclic) bond motifs is 1. The molecule has 28 heavy (non-hydrogen) atoms. The number of anilines is 1. The average Bonchev–Trinajstić information content (AvgIpc) is 3.10. The van der Waals surface area contributed by atoms with E-state index < -0.39 is 11.9 Å². The van der Waals surface area contributed by atoms with Crippen molar-refractivity contribution in [3.8, 4) is 17.1 Å². The van der Waals surface area contributed by atoms with Crippen LogP contribution in [0, 0.1) is 6.92 Å². The van der Waals surface area contributed by atoms with Crippen molar-refractivity contribution in [3.05, 3.63) is 70.9 Å². The summed E-state index contributed by atoms with van der Waals surface area (Å²) in [5.74, 6) is 1.40. The number of nitrogens with one attached hydrogen (secondary N) is 1. The van der Waals surface area contributed by atoms with Crippen molar-refractivity contribution in [1.82, 2.24) is 14.8 Å². The number of carbonyl (C=O) groups excluding carboxylic acids is 1. The molecule has 1 amide bonds. The first kappa shape index (κ1) is 17.8. The zero-order valence-corrected chi connectivity index (χ0v) is 15.9. The van der Waals surface area contributed by atoms with Crippen LogP contribution in [0.25, 0.3) is 11.4 Å². The minimum atomic E-state index is -0.483. The van der Waals surface area contributed by atoms with E-state index >= 15 is 0 Å². The summed E-state index contributed by atoms with van der Waals surface area (Å²) in [7, 11) is 1.62. The van der Waals surface area contributed by atoms with Crippen LogP contribution in [0.5, 0.6) is 5.75 Å². The maximum Gasteiger partial charge on any atom is 0.248 e. The van der Waals surface area contributed by atoms with E-state index in [0.29, 0.717) is 23.0 Å². The second kappa shape index (κ2) is 6.84. The van der Waals surface area contributed by atoms with Crippen molar-refractivity contribution in [3.63, 3.8) is 0 Å². The maximum atomic E-state index is 12.2. The fraction of sp³-hybridized carbons (Fsp3) is 0.190. The van der Waals surface area contributed by atoms with Gasteiger partial charge in [0.15, 0.2) is 5.82 Å². The van der Waals surface area contributed by atoms with E-state index in [9.17, 15) is 4.79 Å². The fourth-order valence-electron chi connectivity index (χ4n) is 3.48. The van der Waals surface area contributed by atoms with E-state index in [1.54, 1.807) is 11.8 Å². The average molecular weight is 375 g/mol. The number of amides is 1. The lowest BCUT2D eigenvalue weighted by atomic mass is 9.94. The van der Waals surface area contributed by atoms with Gasteiger partial charge < -0.3 is 15.8 Å². The number of carbonyl (C=O) groups is 1. The van der Waals surface area contributed by atoms with Gasteiger partial charge in [0.25, 0.3) is 0 Å². The fourth-order valence-corrected chi connectivity index (χ4v) is 3.48. The number of benzene rings is 2. The molecule has 2 heterocycles. The molecule has 2 aromatic carbocycles. The Hall–Kier alpha value is -3.61. The molecule has 1 atom stereocenters. The lowest BCUT2D eigenvalue weighted by Gasteiger charge is -2.27. The first-order valence-corrected chi connectivity index (χ1v) is 8.93. The minimum Gasteiger partial charge on any atom is -0.497 e. The second-order valence-corrected chi connectivity index (χ2v) is 6.78. The number of aromatic nitrogens is 3. The van der Waals surface area contributed by atoms with Crippen LogP contribution in [0.1, 0.15) is 24.1 Å². The van der Waals surface area contributed by atoms with Crippen LogP contribution in [-0.2, 0) is 4.79 Å². The van der Waals surface area contributed by atoms with E-state index in [0.717, 1.165) is 22.4 Å². The number of aryl methyl sites for hydroxylation is 1. The minimum absolute atomic E-state index is 0.437. The molecule has 1 aliphatic rings. The quantitative estimate of drug-likeness (QED) is 0.731. The molecule has 0 aliphatic carbocycles. The van der Waals surface area contributed by atoms with Gasteiger partial charge in [0.05, 0.1) is 12.7 Å². The SMILES string of the molecule is COc1ccc(-c2nc3n(n2)C(c2cccc(C)c2)C(C(N)=O)=C(C)N3)cc1. The molecule has 142 valence electrons. The van der Waals surface area contributed by atoms with Crippen LogP contribution in [0.3, 0.4) is 0 Å². The van der Waals surface area contributed by atoms with Crippen molar-refractivity contribution in [2.75, 3.05) is 12.4 Å². The number of nitrogens with two attached hydrogens (primary N) is 1. The Balaban J connectivity index is 1.85. The second-order valence-electron chi connectivity index (χ2n) is 6.78. The standard InChI is InChI=1S/C21H21N5O2/c1-12-5-4-6-15(11-12)18-17(19(22)27)13(2)23-21-24-20(25-26(18)21)14-7-9-16(28-3)10-8-14/h4-11,18H,1-3H3,(H2,22,27)(H,23,24,25). The van der Waals surface area contributed by atoms with Crippen molar-refractivity contribution >= 4 is 11.9 Å². The smallest absolute Gasteiger partial charge is 0.248 e.